The summed E-state index contributed by atoms with van der Waals surface area (Å²) in [6.45, 7) is 5.67. The molecule has 0 amide bonds. The van der Waals surface area contributed by atoms with Gasteiger partial charge in [-0.15, -0.1) is 0 Å². The van der Waals surface area contributed by atoms with Crippen molar-refractivity contribution in [3.05, 3.63) is 34.7 Å². The minimum atomic E-state index is -0.0577. The van der Waals surface area contributed by atoms with Gasteiger partial charge in [0.05, 0.1) is 6.04 Å². The van der Waals surface area contributed by atoms with Crippen molar-refractivity contribution in [2.24, 2.45) is 0 Å². The fraction of sp³-hybridized carbons (Fsp3) is 0.579. The zero-order valence-corrected chi connectivity index (χ0v) is 16.6. The zero-order chi connectivity index (χ0) is 19.4. The van der Waals surface area contributed by atoms with Crippen LogP contribution in [0.25, 0.3) is 0 Å². The van der Waals surface area contributed by atoms with Crippen LogP contribution in [0.2, 0.25) is 0 Å². The molecular formula is C19H29N7O. The predicted molar refractivity (Wildman–Crippen MR) is 109 cm³/mol. The number of nitrogens with zero attached hydrogens (tertiary/aromatic N) is 6. The van der Waals surface area contributed by atoms with Gasteiger partial charge in [0.2, 0.25) is 5.95 Å². The fourth-order valence-corrected chi connectivity index (χ4v) is 3.34. The normalized spacial score (nSPS) is 17.2. The second-order valence-electron chi connectivity index (χ2n) is 7.43. The minimum absolute atomic E-state index is 0.0456. The molecule has 8 nitrogen and oxygen atoms in total. The average molecular weight is 371 g/mol. The van der Waals surface area contributed by atoms with E-state index in [1.807, 2.05) is 45.0 Å². The van der Waals surface area contributed by atoms with Crippen LogP contribution in [0.1, 0.15) is 39.2 Å². The van der Waals surface area contributed by atoms with E-state index < -0.39 is 0 Å². The standard InChI is InChI=1S/C19H29N7O/c1-14(2)26-18(27)9-8-17(23-26)25-12-6-5-7-15(25)13-21-16-10-11-20-19(22-16)24(3)4/h8-11,14-15H,5-7,12-13H2,1-4H3,(H,20,21,22). The van der Waals surface area contributed by atoms with Crippen LogP contribution in [-0.2, 0) is 0 Å². The van der Waals surface area contributed by atoms with E-state index in [9.17, 15) is 4.79 Å². The molecule has 3 rings (SSSR count). The third-order valence-electron chi connectivity index (χ3n) is 4.78. The number of aromatic nitrogens is 4. The van der Waals surface area contributed by atoms with E-state index >= 15 is 0 Å². The van der Waals surface area contributed by atoms with E-state index in [0.717, 1.165) is 37.6 Å². The molecule has 0 aromatic carbocycles. The van der Waals surface area contributed by atoms with Crippen molar-refractivity contribution in [2.75, 3.05) is 42.3 Å². The Morgan fingerprint density at radius 1 is 1.26 bits per heavy atom. The summed E-state index contributed by atoms with van der Waals surface area (Å²) in [6, 6.07) is 5.70. The molecule has 0 saturated carbocycles. The van der Waals surface area contributed by atoms with Gasteiger partial charge < -0.3 is 15.1 Å². The molecule has 1 atom stereocenters. The van der Waals surface area contributed by atoms with E-state index in [4.69, 9.17) is 0 Å². The van der Waals surface area contributed by atoms with Gasteiger partial charge in [0, 0.05) is 45.5 Å². The number of hydrogen-bond acceptors (Lipinski definition) is 7. The van der Waals surface area contributed by atoms with Gasteiger partial charge in [0.15, 0.2) is 0 Å². The van der Waals surface area contributed by atoms with Crippen molar-refractivity contribution >= 4 is 17.6 Å². The smallest absolute Gasteiger partial charge is 0.267 e. The first kappa shape index (κ1) is 19.1. The highest BCUT2D eigenvalue weighted by atomic mass is 16.1. The molecule has 2 aromatic heterocycles. The average Bonchev–Trinajstić information content (AvgIpc) is 2.67. The molecule has 8 heteroatoms. The van der Waals surface area contributed by atoms with Crippen LogP contribution in [-0.4, -0.2) is 53.0 Å². The Balaban J connectivity index is 1.75. The second kappa shape index (κ2) is 8.37. The molecule has 1 aliphatic rings. The van der Waals surface area contributed by atoms with Crippen LogP contribution in [0.15, 0.2) is 29.2 Å². The lowest BCUT2D eigenvalue weighted by Gasteiger charge is -2.37. The van der Waals surface area contributed by atoms with Gasteiger partial charge in [-0.3, -0.25) is 4.79 Å². The third-order valence-corrected chi connectivity index (χ3v) is 4.78. The maximum atomic E-state index is 12.0. The van der Waals surface area contributed by atoms with Gasteiger partial charge in [0.1, 0.15) is 11.6 Å². The van der Waals surface area contributed by atoms with Crippen LogP contribution in [0.4, 0.5) is 17.6 Å². The molecule has 1 fully saturated rings. The van der Waals surface area contributed by atoms with E-state index in [1.165, 1.54) is 6.42 Å². The van der Waals surface area contributed by atoms with E-state index in [-0.39, 0.29) is 11.6 Å². The molecule has 146 valence electrons. The first-order valence-corrected chi connectivity index (χ1v) is 9.56. The molecule has 1 aliphatic heterocycles. The minimum Gasteiger partial charge on any atom is -0.368 e. The Labute approximate surface area is 160 Å². The number of piperidine rings is 1. The lowest BCUT2D eigenvalue weighted by atomic mass is 10.0. The highest BCUT2D eigenvalue weighted by Crippen LogP contribution is 2.23. The maximum Gasteiger partial charge on any atom is 0.267 e. The van der Waals surface area contributed by atoms with Crippen LogP contribution in [0, 0.1) is 0 Å². The Kier molecular flexibility index (Phi) is 5.93. The lowest BCUT2D eigenvalue weighted by Crippen LogP contribution is -2.45. The molecule has 1 saturated heterocycles. The van der Waals surface area contributed by atoms with Crippen LogP contribution in [0.5, 0.6) is 0 Å². The molecule has 3 heterocycles. The molecule has 0 bridgehead atoms. The van der Waals surface area contributed by atoms with Gasteiger partial charge in [0.25, 0.3) is 5.56 Å². The predicted octanol–water partition coefficient (Wildman–Crippen LogP) is 2.15. The van der Waals surface area contributed by atoms with Gasteiger partial charge in [-0.2, -0.15) is 10.1 Å². The van der Waals surface area contributed by atoms with Crippen molar-refractivity contribution in [2.45, 2.75) is 45.2 Å². The Hall–Kier alpha value is -2.64. The molecule has 0 spiro atoms. The van der Waals surface area contributed by atoms with Gasteiger partial charge in [-0.05, 0) is 45.2 Å². The Morgan fingerprint density at radius 2 is 2.07 bits per heavy atom. The molecule has 1 N–H and O–H groups in total. The summed E-state index contributed by atoms with van der Waals surface area (Å²) in [5.74, 6) is 2.37. The van der Waals surface area contributed by atoms with Crippen molar-refractivity contribution in [3.8, 4) is 0 Å². The van der Waals surface area contributed by atoms with E-state index in [2.05, 4.69) is 25.3 Å². The molecule has 0 radical (unpaired) electrons. The largest absolute Gasteiger partial charge is 0.368 e. The van der Waals surface area contributed by atoms with Crippen LogP contribution >= 0.6 is 0 Å². The van der Waals surface area contributed by atoms with Gasteiger partial charge >= 0.3 is 0 Å². The lowest BCUT2D eigenvalue weighted by molar-refractivity contribution is 0.451. The zero-order valence-electron chi connectivity index (χ0n) is 16.6. The monoisotopic (exact) mass is 371 g/mol. The van der Waals surface area contributed by atoms with Crippen molar-refractivity contribution in [3.63, 3.8) is 0 Å². The topological polar surface area (TPSA) is 79.2 Å². The highest BCUT2D eigenvalue weighted by molar-refractivity contribution is 5.43. The quantitative estimate of drug-likeness (QED) is 0.833. The van der Waals surface area contributed by atoms with E-state index in [0.29, 0.717) is 12.0 Å². The van der Waals surface area contributed by atoms with Crippen molar-refractivity contribution in [1.82, 2.24) is 19.7 Å². The first-order valence-electron chi connectivity index (χ1n) is 9.56. The van der Waals surface area contributed by atoms with Crippen LogP contribution < -0.4 is 20.7 Å². The van der Waals surface area contributed by atoms with Gasteiger partial charge in [-0.1, -0.05) is 0 Å². The second-order valence-corrected chi connectivity index (χ2v) is 7.43. The molecule has 0 aliphatic carbocycles. The summed E-state index contributed by atoms with van der Waals surface area (Å²) in [7, 11) is 3.86. The van der Waals surface area contributed by atoms with Crippen molar-refractivity contribution in [1.29, 1.82) is 0 Å². The summed E-state index contributed by atoms with van der Waals surface area (Å²) < 4.78 is 1.56. The molecule has 2 aromatic rings. The fourth-order valence-electron chi connectivity index (χ4n) is 3.34. The summed E-state index contributed by atoms with van der Waals surface area (Å²) >= 11 is 0. The maximum absolute atomic E-state index is 12.0. The summed E-state index contributed by atoms with van der Waals surface area (Å²) in [4.78, 5) is 25.0. The molecule has 1 unspecified atom stereocenters. The SMILES string of the molecule is CC(C)n1nc(N2CCCCC2CNc2ccnc(N(C)C)n2)ccc1=O. The first-order chi connectivity index (χ1) is 13.0. The number of anilines is 3. The Bertz CT molecular complexity index is 818. The molecule has 27 heavy (non-hydrogen) atoms. The number of hydrogen-bond donors (Lipinski definition) is 1. The summed E-state index contributed by atoms with van der Waals surface area (Å²) in [5.41, 5.74) is -0.0577. The van der Waals surface area contributed by atoms with E-state index in [1.54, 1.807) is 16.9 Å². The Morgan fingerprint density at radius 3 is 2.81 bits per heavy atom. The number of rotatable bonds is 6. The number of nitrogens with one attached hydrogen (secondary N) is 1. The summed E-state index contributed by atoms with van der Waals surface area (Å²) in [5, 5.41) is 8.05. The van der Waals surface area contributed by atoms with Gasteiger partial charge in [-0.25, -0.2) is 9.67 Å². The van der Waals surface area contributed by atoms with Crippen LogP contribution in [0.3, 0.4) is 0 Å². The molecular weight excluding hydrogens is 342 g/mol. The third kappa shape index (κ3) is 4.56. The van der Waals surface area contributed by atoms with Crippen molar-refractivity contribution < 1.29 is 0 Å². The summed E-state index contributed by atoms with van der Waals surface area (Å²) in [6.07, 6.45) is 5.18. The highest BCUT2D eigenvalue weighted by Gasteiger charge is 2.24.